The van der Waals surface area contributed by atoms with E-state index < -0.39 is 18.5 Å². The highest BCUT2D eigenvalue weighted by Crippen LogP contribution is 2.29. The standard InChI is InChI=1S/C15H15NO6.C7H11Cl.2C2H6/c1-9-11(6-15(20)22-7-14(18)19)12-5-10(21-2)3-4-13(12)16(9)8-17;1-3-4-5-7(2)6-8;2*1-2/h3-5,8H,6-7H2,1-2H3,(H,18,19);3-5H,6H2,1-2H3;2*1-2H3/b;4-3-,7-5+;;. The molecule has 0 bridgehead atoms. The number of carbonyl (C=O) groups excluding carboxylic acids is 2. The molecule has 0 fully saturated rings. The van der Waals surface area contributed by atoms with Crippen LogP contribution in [0.3, 0.4) is 0 Å². The number of carboxylic acids is 1. The van der Waals surface area contributed by atoms with Crippen LogP contribution in [0, 0.1) is 6.92 Å². The maximum atomic E-state index is 11.8. The van der Waals surface area contributed by atoms with Crippen molar-refractivity contribution in [3.63, 3.8) is 0 Å². The second-order valence-electron chi connectivity index (χ2n) is 6.33. The van der Waals surface area contributed by atoms with Gasteiger partial charge in [-0.15, -0.1) is 11.6 Å². The maximum Gasteiger partial charge on any atom is 0.341 e. The van der Waals surface area contributed by atoms with Crippen molar-refractivity contribution >= 4 is 40.9 Å². The Morgan fingerprint density at radius 1 is 1.18 bits per heavy atom. The molecular formula is C26H38ClNO6. The van der Waals surface area contributed by atoms with Crippen LogP contribution in [0.5, 0.6) is 5.75 Å². The van der Waals surface area contributed by atoms with Gasteiger partial charge in [0.2, 0.25) is 6.41 Å². The highest BCUT2D eigenvalue weighted by Gasteiger charge is 2.18. The summed E-state index contributed by atoms with van der Waals surface area (Å²) in [5, 5.41) is 9.21. The number of halogens is 1. The van der Waals surface area contributed by atoms with E-state index in [0.29, 0.717) is 40.2 Å². The number of ether oxygens (including phenoxy) is 2. The van der Waals surface area contributed by atoms with Crippen LogP contribution in [0.1, 0.15) is 52.8 Å². The normalized spacial score (nSPS) is 10.2. The van der Waals surface area contributed by atoms with Gasteiger partial charge in [0.1, 0.15) is 5.75 Å². The van der Waals surface area contributed by atoms with E-state index >= 15 is 0 Å². The Hall–Kier alpha value is -3.06. The summed E-state index contributed by atoms with van der Waals surface area (Å²) in [4.78, 5) is 33.4. The van der Waals surface area contributed by atoms with Gasteiger partial charge in [0, 0.05) is 17.0 Å². The lowest BCUT2D eigenvalue weighted by molar-refractivity contribution is -0.154. The number of rotatable bonds is 8. The molecule has 2 rings (SSSR count). The molecule has 0 aliphatic rings. The van der Waals surface area contributed by atoms with Crippen LogP contribution in [0.4, 0.5) is 0 Å². The number of fused-ring (bicyclic) bond motifs is 1. The number of carbonyl (C=O) groups is 3. The Labute approximate surface area is 208 Å². The monoisotopic (exact) mass is 495 g/mol. The van der Waals surface area contributed by atoms with Crippen molar-refractivity contribution in [1.29, 1.82) is 0 Å². The lowest BCUT2D eigenvalue weighted by Crippen LogP contribution is -2.15. The molecular weight excluding hydrogens is 458 g/mol. The summed E-state index contributed by atoms with van der Waals surface area (Å²) in [7, 11) is 1.52. The summed E-state index contributed by atoms with van der Waals surface area (Å²) < 4.78 is 11.2. The molecule has 0 radical (unpaired) electrons. The number of methoxy groups -OCH3 is 1. The quantitative estimate of drug-likeness (QED) is 0.210. The molecule has 0 aliphatic heterocycles. The average molecular weight is 496 g/mol. The number of alkyl halides is 1. The number of nitrogens with zero attached hydrogens (tertiary/aromatic N) is 1. The van der Waals surface area contributed by atoms with Crippen molar-refractivity contribution in [2.45, 2.75) is 54.9 Å². The molecule has 0 saturated heterocycles. The first kappa shape index (κ1) is 33.1. The Morgan fingerprint density at radius 3 is 2.26 bits per heavy atom. The first-order valence-corrected chi connectivity index (χ1v) is 11.7. The third kappa shape index (κ3) is 11.2. The number of allylic oxidation sites excluding steroid dienone is 4. The molecule has 34 heavy (non-hydrogen) atoms. The second-order valence-corrected chi connectivity index (χ2v) is 6.59. The van der Waals surface area contributed by atoms with E-state index in [1.54, 1.807) is 25.1 Å². The maximum absolute atomic E-state index is 11.8. The van der Waals surface area contributed by atoms with Crippen molar-refractivity contribution in [3.05, 3.63) is 53.3 Å². The third-order valence-electron chi connectivity index (χ3n) is 4.15. The zero-order valence-electron chi connectivity index (χ0n) is 21.5. The molecule has 1 aromatic carbocycles. The van der Waals surface area contributed by atoms with E-state index in [1.807, 2.05) is 59.8 Å². The lowest BCUT2D eigenvalue weighted by atomic mass is 10.1. The van der Waals surface area contributed by atoms with E-state index in [0.717, 1.165) is 0 Å². The molecule has 0 spiro atoms. The largest absolute Gasteiger partial charge is 0.497 e. The first-order valence-electron chi connectivity index (χ1n) is 11.1. The number of hydrogen-bond acceptors (Lipinski definition) is 5. The number of aliphatic carboxylic acids is 1. The predicted molar refractivity (Wildman–Crippen MR) is 140 cm³/mol. The summed E-state index contributed by atoms with van der Waals surface area (Å²) in [6.07, 6.45) is 6.51. The van der Waals surface area contributed by atoms with E-state index in [2.05, 4.69) is 4.74 Å². The van der Waals surface area contributed by atoms with Gasteiger partial charge in [0.15, 0.2) is 6.61 Å². The number of aromatic nitrogens is 1. The number of esters is 1. The molecule has 7 nitrogen and oxygen atoms in total. The number of hydrogen-bond donors (Lipinski definition) is 1. The van der Waals surface area contributed by atoms with E-state index in [1.165, 1.54) is 17.3 Å². The smallest absolute Gasteiger partial charge is 0.341 e. The van der Waals surface area contributed by atoms with E-state index in [-0.39, 0.29) is 6.42 Å². The number of carboxylic acid groups (broad SMARTS) is 1. The van der Waals surface area contributed by atoms with Gasteiger partial charge in [-0.3, -0.25) is 14.2 Å². The summed E-state index contributed by atoms with van der Waals surface area (Å²) in [6, 6.07) is 5.16. The van der Waals surface area contributed by atoms with Gasteiger partial charge in [-0.2, -0.15) is 0 Å². The molecule has 1 aromatic heterocycles. The zero-order valence-corrected chi connectivity index (χ0v) is 22.2. The Morgan fingerprint density at radius 2 is 1.79 bits per heavy atom. The Balaban J connectivity index is 0. The van der Waals surface area contributed by atoms with Crippen LogP contribution in [0.2, 0.25) is 0 Å². The highest BCUT2D eigenvalue weighted by atomic mass is 35.5. The van der Waals surface area contributed by atoms with Crippen molar-refractivity contribution in [2.24, 2.45) is 0 Å². The highest BCUT2D eigenvalue weighted by molar-refractivity contribution is 6.19. The van der Waals surface area contributed by atoms with E-state index in [4.69, 9.17) is 21.4 Å². The van der Waals surface area contributed by atoms with Crippen LogP contribution in [0.15, 0.2) is 42.0 Å². The van der Waals surface area contributed by atoms with Crippen molar-refractivity contribution in [2.75, 3.05) is 19.6 Å². The minimum Gasteiger partial charge on any atom is -0.497 e. The molecule has 1 N–H and O–H groups in total. The predicted octanol–water partition coefficient (Wildman–Crippen LogP) is 5.97. The molecule has 8 heteroatoms. The molecule has 0 atom stereocenters. The lowest BCUT2D eigenvalue weighted by Gasteiger charge is -2.03. The minimum absolute atomic E-state index is 0.121. The molecule has 1 heterocycles. The van der Waals surface area contributed by atoms with Gasteiger partial charge in [-0.1, -0.05) is 51.5 Å². The van der Waals surface area contributed by atoms with Gasteiger partial charge in [0.05, 0.1) is 19.0 Å². The Bertz CT molecular complexity index is 960. The molecule has 0 amide bonds. The molecule has 0 aliphatic carbocycles. The van der Waals surface area contributed by atoms with Gasteiger partial charge in [0.25, 0.3) is 0 Å². The summed E-state index contributed by atoms with van der Waals surface area (Å²) in [5.74, 6) is -0.666. The minimum atomic E-state index is -1.22. The molecule has 0 unspecified atom stereocenters. The van der Waals surface area contributed by atoms with Crippen molar-refractivity contribution < 1.29 is 29.0 Å². The second kappa shape index (κ2) is 19.4. The fourth-order valence-corrected chi connectivity index (χ4v) is 2.71. The molecule has 0 saturated carbocycles. The van der Waals surface area contributed by atoms with Gasteiger partial charge in [-0.25, -0.2) is 4.79 Å². The Kier molecular flexibility index (Phi) is 18.9. The average Bonchev–Trinajstić information content (AvgIpc) is 3.13. The van der Waals surface area contributed by atoms with Gasteiger partial charge in [-0.05, 0) is 44.5 Å². The third-order valence-corrected chi connectivity index (χ3v) is 4.58. The van der Waals surface area contributed by atoms with E-state index in [9.17, 15) is 14.4 Å². The van der Waals surface area contributed by atoms with Crippen LogP contribution in [-0.4, -0.2) is 47.6 Å². The van der Waals surface area contributed by atoms with Crippen LogP contribution < -0.4 is 4.74 Å². The zero-order chi connectivity index (χ0) is 26.7. The van der Waals surface area contributed by atoms with Gasteiger partial charge < -0.3 is 14.6 Å². The molecule has 2 aromatic rings. The van der Waals surface area contributed by atoms with Crippen LogP contribution in [0.25, 0.3) is 10.9 Å². The summed E-state index contributed by atoms with van der Waals surface area (Å²) >= 11 is 5.49. The fraction of sp³-hybridized carbons (Fsp3) is 0.423. The fourth-order valence-electron chi connectivity index (χ4n) is 2.62. The summed E-state index contributed by atoms with van der Waals surface area (Å²) in [6.45, 7) is 13.0. The number of benzene rings is 1. The first-order chi connectivity index (χ1) is 16.3. The topological polar surface area (TPSA) is 94.8 Å². The van der Waals surface area contributed by atoms with Crippen molar-refractivity contribution in [1.82, 2.24) is 4.57 Å². The van der Waals surface area contributed by atoms with Crippen LogP contribution in [-0.2, 0) is 25.5 Å². The van der Waals surface area contributed by atoms with Gasteiger partial charge >= 0.3 is 11.9 Å². The SMILES string of the molecule is C/C=C\C=C(/C)CCl.CC.CC.COc1ccc2c(c1)c(CC(=O)OCC(=O)O)c(C)n2C=O. The van der Waals surface area contributed by atoms with Crippen LogP contribution >= 0.6 is 11.6 Å². The molecule has 190 valence electrons. The summed E-state index contributed by atoms with van der Waals surface area (Å²) in [5.41, 5.74) is 3.06. The van der Waals surface area contributed by atoms with Crippen molar-refractivity contribution in [3.8, 4) is 5.75 Å².